The van der Waals surface area contributed by atoms with E-state index in [-0.39, 0.29) is 23.4 Å². The summed E-state index contributed by atoms with van der Waals surface area (Å²) in [6.07, 6.45) is 1.88. The van der Waals surface area contributed by atoms with Crippen LogP contribution in [0.1, 0.15) is 28.8 Å². The Morgan fingerprint density at radius 1 is 1.12 bits per heavy atom. The molecule has 0 saturated heterocycles. The molecule has 3 rings (SSSR count). The molecule has 1 fully saturated rings. The lowest BCUT2D eigenvalue weighted by Gasteiger charge is -2.08. The summed E-state index contributed by atoms with van der Waals surface area (Å²) in [7, 11) is 0. The van der Waals surface area contributed by atoms with Gasteiger partial charge in [-0.3, -0.25) is 19.7 Å². The van der Waals surface area contributed by atoms with Crippen molar-refractivity contribution in [1.82, 2.24) is 5.32 Å². The average Bonchev–Trinajstić information content (AvgIpc) is 3.45. The summed E-state index contributed by atoms with van der Waals surface area (Å²) in [5.74, 6) is -0.153. The van der Waals surface area contributed by atoms with Gasteiger partial charge < -0.3 is 10.6 Å². The van der Waals surface area contributed by atoms with Crippen LogP contribution in [0.5, 0.6) is 0 Å². The van der Waals surface area contributed by atoms with E-state index in [1.165, 1.54) is 24.3 Å². The zero-order valence-electron chi connectivity index (χ0n) is 13.4. The number of rotatable bonds is 6. The Kier molecular flexibility index (Phi) is 4.74. The molecule has 1 saturated carbocycles. The highest BCUT2D eigenvalue weighted by molar-refractivity contribution is 5.95. The van der Waals surface area contributed by atoms with Crippen LogP contribution in [0.2, 0.25) is 0 Å². The minimum atomic E-state index is -0.511. The molecule has 0 heterocycles. The summed E-state index contributed by atoms with van der Waals surface area (Å²) in [4.78, 5) is 34.0. The van der Waals surface area contributed by atoms with Gasteiger partial charge in [-0.25, -0.2) is 0 Å². The van der Waals surface area contributed by atoms with Crippen molar-refractivity contribution < 1.29 is 14.5 Å². The number of benzene rings is 2. The van der Waals surface area contributed by atoms with Crippen LogP contribution in [0.15, 0.2) is 48.5 Å². The number of anilines is 1. The first-order chi connectivity index (χ1) is 12.0. The molecule has 1 aliphatic rings. The van der Waals surface area contributed by atoms with E-state index in [0.717, 1.165) is 18.4 Å². The van der Waals surface area contributed by atoms with Gasteiger partial charge in [0.25, 0.3) is 11.6 Å². The molecule has 0 aliphatic heterocycles. The number of non-ortho nitro benzene ring substituents is 1. The van der Waals surface area contributed by atoms with E-state index in [0.29, 0.717) is 17.8 Å². The van der Waals surface area contributed by atoms with Crippen LogP contribution in [0, 0.1) is 16.0 Å². The lowest BCUT2D eigenvalue weighted by atomic mass is 10.1. The normalized spacial score (nSPS) is 13.1. The van der Waals surface area contributed by atoms with Gasteiger partial charge in [-0.1, -0.05) is 12.1 Å². The Morgan fingerprint density at radius 2 is 1.84 bits per heavy atom. The zero-order valence-corrected chi connectivity index (χ0v) is 13.4. The van der Waals surface area contributed by atoms with Crippen LogP contribution in [-0.4, -0.2) is 16.7 Å². The lowest BCUT2D eigenvalue weighted by molar-refractivity contribution is -0.384. The lowest BCUT2D eigenvalue weighted by Crippen LogP contribution is -2.22. The highest BCUT2D eigenvalue weighted by Crippen LogP contribution is 2.30. The smallest absolute Gasteiger partial charge is 0.269 e. The van der Waals surface area contributed by atoms with E-state index in [1.54, 1.807) is 0 Å². The molecule has 1 aliphatic carbocycles. The molecule has 0 radical (unpaired) electrons. The third-order valence-corrected chi connectivity index (χ3v) is 3.94. The molecule has 2 aromatic carbocycles. The number of carbonyl (C=O) groups excluding carboxylic acids is 2. The molecular formula is C18H17N3O4. The number of amides is 2. The van der Waals surface area contributed by atoms with Crippen LogP contribution >= 0.6 is 0 Å². The fraction of sp³-hybridized carbons (Fsp3) is 0.222. The summed E-state index contributed by atoms with van der Waals surface area (Å²) >= 11 is 0. The predicted octanol–water partition coefficient (Wildman–Crippen LogP) is 2.87. The molecule has 0 aromatic heterocycles. The largest absolute Gasteiger partial charge is 0.348 e. The Labute approximate surface area is 144 Å². The van der Waals surface area contributed by atoms with Crippen LogP contribution in [0.4, 0.5) is 11.4 Å². The molecule has 7 nitrogen and oxygen atoms in total. The van der Waals surface area contributed by atoms with Crippen molar-refractivity contribution in [1.29, 1.82) is 0 Å². The van der Waals surface area contributed by atoms with Gasteiger partial charge in [0.05, 0.1) is 4.92 Å². The van der Waals surface area contributed by atoms with Crippen molar-refractivity contribution in [2.24, 2.45) is 5.92 Å². The first kappa shape index (κ1) is 16.6. The van der Waals surface area contributed by atoms with Crippen molar-refractivity contribution in [3.63, 3.8) is 0 Å². The number of hydrogen-bond acceptors (Lipinski definition) is 4. The van der Waals surface area contributed by atoms with Crippen LogP contribution in [0.3, 0.4) is 0 Å². The predicted molar refractivity (Wildman–Crippen MR) is 92.1 cm³/mol. The van der Waals surface area contributed by atoms with Gasteiger partial charge in [-0.2, -0.15) is 0 Å². The topological polar surface area (TPSA) is 101 Å². The standard InChI is InChI=1S/C18H17N3O4/c22-17(13-6-8-16(9-7-13)21(24)25)19-11-12-2-1-3-15(10-12)20-18(23)14-4-5-14/h1-3,6-10,14H,4-5,11H2,(H,19,22)(H,20,23). The summed E-state index contributed by atoms with van der Waals surface area (Å²) in [6, 6.07) is 12.7. The number of carbonyl (C=O) groups is 2. The van der Waals surface area contributed by atoms with Crippen molar-refractivity contribution in [3.05, 3.63) is 69.8 Å². The first-order valence-corrected chi connectivity index (χ1v) is 7.95. The van der Waals surface area contributed by atoms with Crippen LogP contribution in [-0.2, 0) is 11.3 Å². The second kappa shape index (κ2) is 7.12. The first-order valence-electron chi connectivity index (χ1n) is 7.95. The van der Waals surface area contributed by atoms with Gasteiger partial charge in [0.2, 0.25) is 5.91 Å². The average molecular weight is 339 g/mol. The monoisotopic (exact) mass is 339 g/mol. The number of nitrogens with zero attached hydrogens (tertiary/aromatic N) is 1. The van der Waals surface area contributed by atoms with Gasteiger partial charge >= 0.3 is 0 Å². The van der Waals surface area contributed by atoms with Crippen molar-refractivity contribution in [2.75, 3.05) is 5.32 Å². The van der Waals surface area contributed by atoms with Crippen LogP contribution in [0.25, 0.3) is 0 Å². The minimum Gasteiger partial charge on any atom is -0.348 e. The van der Waals surface area contributed by atoms with Gasteiger partial charge in [-0.15, -0.1) is 0 Å². The molecule has 7 heteroatoms. The molecular weight excluding hydrogens is 322 g/mol. The highest BCUT2D eigenvalue weighted by atomic mass is 16.6. The van der Waals surface area contributed by atoms with Gasteiger partial charge in [0.15, 0.2) is 0 Å². The second-order valence-electron chi connectivity index (χ2n) is 5.95. The van der Waals surface area contributed by atoms with Crippen molar-refractivity contribution in [2.45, 2.75) is 19.4 Å². The minimum absolute atomic E-state index is 0.0343. The summed E-state index contributed by atoms with van der Waals surface area (Å²) in [5.41, 5.74) is 1.85. The Bertz CT molecular complexity index is 813. The number of nitro groups is 1. The molecule has 2 N–H and O–H groups in total. The fourth-order valence-corrected chi connectivity index (χ4v) is 2.37. The zero-order chi connectivity index (χ0) is 17.8. The summed E-state index contributed by atoms with van der Waals surface area (Å²) in [5, 5.41) is 16.2. The second-order valence-corrected chi connectivity index (χ2v) is 5.95. The Hall–Kier alpha value is -3.22. The van der Waals surface area contributed by atoms with E-state index in [9.17, 15) is 19.7 Å². The number of nitrogens with one attached hydrogen (secondary N) is 2. The Balaban J connectivity index is 1.57. The molecule has 25 heavy (non-hydrogen) atoms. The fourth-order valence-electron chi connectivity index (χ4n) is 2.37. The quantitative estimate of drug-likeness (QED) is 0.624. The molecule has 0 unspecified atom stereocenters. The van der Waals surface area contributed by atoms with E-state index in [4.69, 9.17) is 0 Å². The maximum absolute atomic E-state index is 12.1. The molecule has 0 bridgehead atoms. The van der Waals surface area contributed by atoms with Crippen molar-refractivity contribution in [3.8, 4) is 0 Å². The maximum Gasteiger partial charge on any atom is 0.269 e. The van der Waals surface area contributed by atoms with Crippen molar-refractivity contribution >= 4 is 23.2 Å². The van der Waals surface area contributed by atoms with Gasteiger partial charge in [0.1, 0.15) is 0 Å². The van der Waals surface area contributed by atoms with E-state index >= 15 is 0 Å². The van der Waals surface area contributed by atoms with E-state index < -0.39 is 4.92 Å². The number of nitro benzene ring substituents is 1. The van der Waals surface area contributed by atoms with Gasteiger partial charge in [-0.05, 0) is 42.7 Å². The summed E-state index contributed by atoms with van der Waals surface area (Å²) < 4.78 is 0. The van der Waals surface area contributed by atoms with Crippen LogP contribution < -0.4 is 10.6 Å². The third-order valence-electron chi connectivity index (χ3n) is 3.94. The Morgan fingerprint density at radius 3 is 2.48 bits per heavy atom. The molecule has 0 spiro atoms. The summed E-state index contributed by atoms with van der Waals surface area (Å²) in [6.45, 7) is 0.295. The van der Waals surface area contributed by atoms with E-state index in [2.05, 4.69) is 10.6 Å². The SMILES string of the molecule is O=C(NCc1cccc(NC(=O)C2CC2)c1)c1ccc([N+](=O)[O-])cc1. The highest BCUT2D eigenvalue weighted by Gasteiger charge is 2.29. The molecule has 2 amide bonds. The third kappa shape index (κ3) is 4.41. The van der Waals surface area contributed by atoms with E-state index in [1.807, 2.05) is 24.3 Å². The molecule has 2 aromatic rings. The maximum atomic E-state index is 12.1. The van der Waals surface area contributed by atoms with Gasteiger partial charge in [0, 0.05) is 35.8 Å². The number of hydrogen-bond donors (Lipinski definition) is 2. The molecule has 128 valence electrons. The molecule has 0 atom stereocenters.